The minimum absolute atomic E-state index is 0.0302. The molecule has 1 fully saturated rings. The summed E-state index contributed by atoms with van der Waals surface area (Å²) in [7, 11) is -2.70. The molecule has 3 aromatic carbocycles. The van der Waals surface area contributed by atoms with Crippen LogP contribution in [0.4, 0.5) is 5.69 Å². The van der Waals surface area contributed by atoms with Crippen LogP contribution in [-0.2, 0) is 26.0 Å². The summed E-state index contributed by atoms with van der Waals surface area (Å²) in [5.74, 6) is -0.370. The highest BCUT2D eigenvalue weighted by Crippen LogP contribution is 2.32. The average Bonchev–Trinajstić information content (AvgIpc) is 3.50. The predicted octanol–water partition coefficient (Wildman–Crippen LogP) is 5.06. The van der Waals surface area contributed by atoms with Crippen molar-refractivity contribution in [3.05, 3.63) is 89.4 Å². The molecule has 0 spiro atoms. The van der Waals surface area contributed by atoms with E-state index in [0.29, 0.717) is 12.2 Å². The van der Waals surface area contributed by atoms with Gasteiger partial charge in [-0.25, -0.2) is 8.42 Å². The van der Waals surface area contributed by atoms with E-state index in [1.54, 1.807) is 37.3 Å². The summed E-state index contributed by atoms with van der Waals surface area (Å²) in [5.41, 5.74) is 1.21. The number of methoxy groups -OCH3 is 1. The Balaban J connectivity index is 1.66. The van der Waals surface area contributed by atoms with E-state index >= 15 is 0 Å². The van der Waals surface area contributed by atoms with Crippen LogP contribution in [0.5, 0.6) is 5.75 Å². The summed E-state index contributed by atoms with van der Waals surface area (Å²) in [6, 6.07) is 21.4. The number of anilines is 1. The molecule has 2 amide bonds. The Bertz CT molecular complexity index is 1430. The summed E-state index contributed by atoms with van der Waals surface area (Å²) in [4.78, 5) is 28.8. The Hall–Kier alpha value is -3.56. The molecule has 1 aliphatic rings. The third kappa shape index (κ3) is 7.59. The molecule has 0 aliphatic heterocycles. The number of amides is 2. The molecule has 4 rings (SSSR count). The average molecular weight is 598 g/mol. The molecule has 0 aromatic heterocycles. The first kappa shape index (κ1) is 30.4. The van der Waals surface area contributed by atoms with Gasteiger partial charge in [0.2, 0.25) is 11.8 Å². The molecular weight excluding hydrogens is 562 g/mol. The van der Waals surface area contributed by atoms with E-state index in [0.717, 1.165) is 35.6 Å². The van der Waals surface area contributed by atoms with E-state index in [1.807, 2.05) is 30.3 Å². The first-order valence-corrected chi connectivity index (χ1v) is 15.6. The largest absolute Gasteiger partial charge is 0.495 e. The van der Waals surface area contributed by atoms with Gasteiger partial charge in [0.1, 0.15) is 18.3 Å². The molecule has 1 unspecified atom stereocenters. The van der Waals surface area contributed by atoms with Crippen LogP contribution in [0.25, 0.3) is 0 Å². The van der Waals surface area contributed by atoms with Crippen molar-refractivity contribution in [3.8, 4) is 5.75 Å². The Labute approximate surface area is 247 Å². The number of carbonyl (C=O) groups excluding carboxylic acids is 2. The van der Waals surface area contributed by atoms with Crippen LogP contribution < -0.4 is 14.4 Å². The van der Waals surface area contributed by atoms with Gasteiger partial charge in [0.15, 0.2) is 0 Å². The highest BCUT2D eigenvalue weighted by atomic mass is 35.5. The molecule has 8 nitrogen and oxygen atoms in total. The van der Waals surface area contributed by atoms with Crippen LogP contribution in [0.1, 0.15) is 38.2 Å². The second kappa shape index (κ2) is 13.9. The van der Waals surface area contributed by atoms with Gasteiger partial charge in [-0.05, 0) is 62.1 Å². The first-order chi connectivity index (χ1) is 19.7. The van der Waals surface area contributed by atoms with Crippen molar-refractivity contribution in [2.24, 2.45) is 0 Å². The van der Waals surface area contributed by atoms with Gasteiger partial charge in [-0.1, -0.05) is 73.0 Å². The fourth-order valence-electron chi connectivity index (χ4n) is 5.02. The highest BCUT2D eigenvalue weighted by Gasteiger charge is 2.33. The molecule has 0 radical (unpaired) electrons. The lowest BCUT2D eigenvalue weighted by molar-refractivity contribution is -0.139. The van der Waals surface area contributed by atoms with E-state index in [1.165, 1.54) is 30.2 Å². The molecule has 41 heavy (non-hydrogen) atoms. The van der Waals surface area contributed by atoms with Crippen molar-refractivity contribution < 1.29 is 22.7 Å². The number of halogens is 1. The maximum atomic E-state index is 14.0. The zero-order valence-electron chi connectivity index (χ0n) is 23.3. The molecule has 1 aliphatic carbocycles. The van der Waals surface area contributed by atoms with Crippen LogP contribution in [0, 0.1) is 0 Å². The lowest BCUT2D eigenvalue weighted by Crippen LogP contribution is -2.53. The monoisotopic (exact) mass is 597 g/mol. The number of ether oxygens (including phenoxy) is 1. The van der Waals surface area contributed by atoms with Crippen LogP contribution in [0.15, 0.2) is 83.8 Å². The SMILES string of the molecule is COc1ccc(N(CC(=O)N(CCc2ccccc2)C(C)C(=O)NC2CCCC2)S(=O)(=O)c2ccccc2)cc1Cl. The van der Waals surface area contributed by atoms with Crippen molar-refractivity contribution in [2.45, 2.75) is 56.0 Å². The standard InChI is InChI=1S/C31H36ClN3O5S/c1-23(31(37)33-25-13-9-10-14-25)34(20-19-24-11-5-3-6-12-24)30(36)22-35(26-17-18-29(40-2)28(32)21-26)41(38,39)27-15-7-4-8-16-27/h3-8,11-12,15-18,21,23,25H,9-10,13-14,19-20,22H2,1-2H3,(H,33,37). The molecular formula is C31H36ClN3O5S. The van der Waals surface area contributed by atoms with Crippen LogP contribution in [-0.4, -0.2) is 57.4 Å². The van der Waals surface area contributed by atoms with E-state index in [9.17, 15) is 18.0 Å². The number of benzene rings is 3. The minimum atomic E-state index is -4.16. The molecule has 0 heterocycles. The first-order valence-electron chi connectivity index (χ1n) is 13.8. The zero-order chi connectivity index (χ0) is 29.4. The zero-order valence-corrected chi connectivity index (χ0v) is 24.9. The van der Waals surface area contributed by atoms with Gasteiger partial charge in [-0.3, -0.25) is 13.9 Å². The lowest BCUT2D eigenvalue weighted by atomic mass is 10.1. The minimum Gasteiger partial charge on any atom is -0.495 e. The van der Waals surface area contributed by atoms with Gasteiger partial charge in [0.25, 0.3) is 10.0 Å². The van der Waals surface area contributed by atoms with Gasteiger partial charge >= 0.3 is 0 Å². The number of hydrogen-bond donors (Lipinski definition) is 1. The van der Waals surface area contributed by atoms with Gasteiger partial charge in [0, 0.05) is 12.6 Å². The second-order valence-electron chi connectivity index (χ2n) is 10.1. The topological polar surface area (TPSA) is 96.0 Å². The maximum absolute atomic E-state index is 14.0. The lowest BCUT2D eigenvalue weighted by Gasteiger charge is -2.32. The van der Waals surface area contributed by atoms with Crippen molar-refractivity contribution in [2.75, 3.05) is 24.5 Å². The highest BCUT2D eigenvalue weighted by molar-refractivity contribution is 7.92. The van der Waals surface area contributed by atoms with Crippen molar-refractivity contribution in [1.82, 2.24) is 10.2 Å². The van der Waals surface area contributed by atoms with Crippen molar-refractivity contribution >= 4 is 39.1 Å². The summed E-state index contributed by atoms with van der Waals surface area (Å²) >= 11 is 6.36. The van der Waals surface area contributed by atoms with Crippen molar-refractivity contribution in [3.63, 3.8) is 0 Å². The van der Waals surface area contributed by atoms with E-state index in [2.05, 4.69) is 5.32 Å². The summed E-state index contributed by atoms with van der Waals surface area (Å²) in [6.45, 7) is 1.41. The fourth-order valence-corrected chi connectivity index (χ4v) is 6.70. The molecule has 0 saturated heterocycles. The predicted molar refractivity (Wildman–Crippen MR) is 161 cm³/mol. The van der Waals surface area contributed by atoms with Gasteiger partial charge in [-0.2, -0.15) is 0 Å². The molecule has 3 aromatic rings. The molecule has 218 valence electrons. The number of rotatable bonds is 12. The number of nitrogens with one attached hydrogen (secondary N) is 1. The Morgan fingerprint density at radius 3 is 2.24 bits per heavy atom. The van der Waals surface area contributed by atoms with Crippen LogP contribution in [0.3, 0.4) is 0 Å². The Morgan fingerprint density at radius 2 is 1.63 bits per heavy atom. The normalized spacial score (nSPS) is 14.3. The molecule has 1 atom stereocenters. The maximum Gasteiger partial charge on any atom is 0.264 e. The number of sulfonamides is 1. The quantitative estimate of drug-likeness (QED) is 0.315. The van der Waals surface area contributed by atoms with Gasteiger partial charge in [-0.15, -0.1) is 0 Å². The number of hydrogen-bond acceptors (Lipinski definition) is 5. The van der Waals surface area contributed by atoms with Gasteiger partial charge in [0.05, 0.1) is 22.7 Å². The molecule has 10 heteroatoms. The third-order valence-corrected chi connectivity index (χ3v) is 9.47. The second-order valence-corrected chi connectivity index (χ2v) is 12.4. The summed E-state index contributed by atoms with van der Waals surface area (Å²) in [5, 5.41) is 3.28. The van der Waals surface area contributed by atoms with Crippen LogP contribution >= 0.6 is 11.6 Å². The van der Waals surface area contributed by atoms with Crippen LogP contribution in [0.2, 0.25) is 5.02 Å². The molecule has 1 N–H and O–H groups in total. The van der Waals surface area contributed by atoms with Crippen molar-refractivity contribution in [1.29, 1.82) is 0 Å². The third-order valence-electron chi connectivity index (χ3n) is 7.39. The molecule has 1 saturated carbocycles. The Morgan fingerprint density at radius 1 is 1.00 bits per heavy atom. The van der Waals surface area contributed by atoms with E-state index < -0.39 is 28.5 Å². The van der Waals surface area contributed by atoms with E-state index in [-0.39, 0.29) is 34.1 Å². The number of nitrogens with zero attached hydrogens (tertiary/aromatic N) is 2. The fraction of sp³-hybridized carbons (Fsp3) is 0.355. The smallest absolute Gasteiger partial charge is 0.264 e. The molecule has 0 bridgehead atoms. The summed E-state index contributed by atoms with van der Waals surface area (Å²) in [6.07, 6.45) is 4.46. The number of carbonyl (C=O) groups is 2. The van der Waals surface area contributed by atoms with E-state index in [4.69, 9.17) is 16.3 Å². The van der Waals surface area contributed by atoms with Gasteiger partial charge < -0.3 is 15.0 Å². The summed E-state index contributed by atoms with van der Waals surface area (Å²) < 4.78 is 34.0. The Kier molecular flexibility index (Phi) is 10.3.